The van der Waals surface area contributed by atoms with E-state index < -0.39 is 0 Å². The Hall–Kier alpha value is -2.11. The average molecular weight is 218 g/mol. The van der Waals surface area contributed by atoms with Gasteiger partial charge in [0, 0.05) is 12.7 Å². The molecule has 0 saturated heterocycles. The van der Waals surface area contributed by atoms with Crippen molar-refractivity contribution in [2.45, 2.75) is 13.3 Å². The quantitative estimate of drug-likeness (QED) is 0.705. The third kappa shape index (κ3) is 2.28. The molecule has 0 spiro atoms. The zero-order chi connectivity index (χ0) is 11.5. The fourth-order valence-electron chi connectivity index (χ4n) is 1.43. The summed E-state index contributed by atoms with van der Waals surface area (Å²) in [5.74, 6) is 1.10. The van der Waals surface area contributed by atoms with E-state index in [1.54, 1.807) is 7.05 Å². The number of nitrogens with zero attached hydrogens (tertiary/aromatic N) is 3. The summed E-state index contributed by atoms with van der Waals surface area (Å²) in [5.41, 5.74) is 7.85. The molecule has 2 rings (SSSR count). The van der Waals surface area contributed by atoms with Crippen LogP contribution in [0, 0.1) is 0 Å². The maximum atomic E-state index is 5.56. The Morgan fingerprint density at radius 1 is 1.25 bits per heavy atom. The predicted molar refractivity (Wildman–Crippen MR) is 63.9 cm³/mol. The van der Waals surface area contributed by atoms with E-state index in [4.69, 9.17) is 5.73 Å². The summed E-state index contributed by atoms with van der Waals surface area (Å²) in [5, 5.41) is 5.91. The molecule has 0 aliphatic heterocycles. The minimum atomic E-state index is 0.196. The highest BCUT2D eigenvalue weighted by Crippen LogP contribution is 2.18. The van der Waals surface area contributed by atoms with Crippen molar-refractivity contribution in [3.05, 3.63) is 23.4 Å². The molecule has 4 N–H and O–H groups in total. The minimum Gasteiger partial charge on any atom is -0.368 e. The molecule has 1 aromatic heterocycles. The zero-order valence-corrected chi connectivity index (χ0v) is 9.28. The Morgan fingerprint density at radius 2 is 2.00 bits per heavy atom. The topological polar surface area (TPSA) is 88.8 Å². The van der Waals surface area contributed by atoms with E-state index in [0.717, 1.165) is 12.1 Å². The van der Waals surface area contributed by atoms with Crippen molar-refractivity contribution in [2.24, 2.45) is 0 Å². The lowest BCUT2D eigenvalue weighted by molar-refractivity contribution is 1.06. The Labute approximate surface area is 93.7 Å². The van der Waals surface area contributed by atoms with Crippen LogP contribution in [-0.4, -0.2) is 22.0 Å². The lowest BCUT2D eigenvalue weighted by Gasteiger charge is -2.05. The van der Waals surface area contributed by atoms with Crippen LogP contribution < -0.4 is 16.4 Å². The highest BCUT2D eigenvalue weighted by atomic mass is 15.2. The second-order valence-corrected chi connectivity index (χ2v) is 3.57. The van der Waals surface area contributed by atoms with E-state index in [1.165, 1.54) is 5.57 Å². The molecule has 0 radical (unpaired) electrons. The van der Waals surface area contributed by atoms with Gasteiger partial charge >= 0.3 is 0 Å². The monoisotopic (exact) mass is 218 g/mol. The van der Waals surface area contributed by atoms with Gasteiger partial charge in [0.1, 0.15) is 0 Å². The number of nitrogens with two attached hydrogens (primary N) is 1. The maximum Gasteiger partial charge on any atom is 0.233 e. The summed E-state index contributed by atoms with van der Waals surface area (Å²) in [4.78, 5) is 12.1. The molecule has 0 aromatic carbocycles. The van der Waals surface area contributed by atoms with Crippen molar-refractivity contribution in [1.29, 1.82) is 0 Å². The van der Waals surface area contributed by atoms with Crippen LogP contribution in [0.2, 0.25) is 0 Å². The first-order valence-corrected chi connectivity index (χ1v) is 5.01. The van der Waals surface area contributed by atoms with Gasteiger partial charge < -0.3 is 16.4 Å². The number of hydrogen-bond acceptors (Lipinski definition) is 6. The minimum absolute atomic E-state index is 0.196. The average Bonchev–Trinajstić information content (AvgIpc) is 2.63. The molecule has 0 fully saturated rings. The Bertz CT molecular complexity index is 462. The fraction of sp³-hybridized carbons (Fsp3) is 0.300. The molecular formula is C10H14N6. The number of rotatable bonds is 3. The second-order valence-electron chi connectivity index (χ2n) is 3.57. The van der Waals surface area contributed by atoms with Crippen molar-refractivity contribution in [2.75, 3.05) is 23.4 Å². The number of nitrogen functional groups attached to an aromatic ring is 1. The number of aromatic nitrogens is 3. The number of anilines is 3. The first-order valence-electron chi connectivity index (χ1n) is 5.01. The summed E-state index contributed by atoms with van der Waals surface area (Å²) in [6, 6.07) is 0. The zero-order valence-electron chi connectivity index (χ0n) is 9.28. The highest BCUT2D eigenvalue weighted by Gasteiger charge is 2.06. The van der Waals surface area contributed by atoms with Gasteiger partial charge in [-0.05, 0) is 19.4 Å². The molecule has 1 aromatic rings. The van der Waals surface area contributed by atoms with Crippen LogP contribution in [0.3, 0.4) is 0 Å². The number of allylic oxidation sites excluding steroid dienone is 3. The van der Waals surface area contributed by atoms with Crippen molar-refractivity contribution in [3.8, 4) is 0 Å². The Balaban J connectivity index is 2.18. The van der Waals surface area contributed by atoms with Crippen LogP contribution in [0.5, 0.6) is 0 Å². The van der Waals surface area contributed by atoms with Crippen molar-refractivity contribution >= 4 is 17.8 Å². The molecule has 1 aliphatic rings. The van der Waals surface area contributed by atoms with Gasteiger partial charge in [-0.2, -0.15) is 15.0 Å². The summed E-state index contributed by atoms with van der Waals surface area (Å²) in [6.07, 6.45) is 5.09. The summed E-state index contributed by atoms with van der Waals surface area (Å²) >= 11 is 0. The normalized spacial score (nSPS) is 14.4. The van der Waals surface area contributed by atoms with Crippen molar-refractivity contribution < 1.29 is 0 Å². The smallest absolute Gasteiger partial charge is 0.233 e. The van der Waals surface area contributed by atoms with Gasteiger partial charge in [0.05, 0.1) is 0 Å². The van der Waals surface area contributed by atoms with E-state index in [9.17, 15) is 0 Å². The Kier molecular flexibility index (Phi) is 2.72. The first kappa shape index (κ1) is 10.4. The van der Waals surface area contributed by atoms with Crippen molar-refractivity contribution in [3.63, 3.8) is 0 Å². The SMILES string of the molecule is CNc1nc(N)nc(NC2=CCC(C)=C2)n1. The maximum absolute atomic E-state index is 5.56. The van der Waals surface area contributed by atoms with Gasteiger partial charge in [0.15, 0.2) is 0 Å². The molecule has 16 heavy (non-hydrogen) atoms. The van der Waals surface area contributed by atoms with E-state index in [0.29, 0.717) is 11.9 Å². The fourth-order valence-corrected chi connectivity index (χ4v) is 1.43. The van der Waals surface area contributed by atoms with Crippen LogP contribution in [-0.2, 0) is 0 Å². The molecule has 0 saturated carbocycles. The number of nitrogens with one attached hydrogen (secondary N) is 2. The molecule has 6 heteroatoms. The third-order valence-corrected chi connectivity index (χ3v) is 2.18. The van der Waals surface area contributed by atoms with Gasteiger partial charge in [-0.3, -0.25) is 0 Å². The predicted octanol–water partition coefficient (Wildman–Crippen LogP) is 1.14. The van der Waals surface area contributed by atoms with E-state index in [2.05, 4.69) is 44.7 Å². The molecule has 1 heterocycles. The van der Waals surface area contributed by atoms with Gasteiger partial charge in [-0.15, -0.1) is 0 Å². The molecule has 0 amide bonds. The van der Waals surface area contributed by atoms with Crippen LogP contribution in [0.15, 0.2) is 23.4 Å². The largest absolute Gasteiger partial charge is 0.368 e. The summed E-state index contributed by atoms with van der Waals surface area (Å²) < 4.78 is 0. The second kappa shape index (κ2) is 4.18. The third-order valence-electron chi connectivity index (χ3n) is 2.18. The first-order chi connectivity index (χ1) is 7.67. The van der Waals surface area contributed by atoms with Crippen LogP contribution in [0.1, 0.15) is 13.3 Å². The molecule has 0 unspecified atom stereocenters. The molecule has 84 valence electrons. The van der Waals surface area contributed by atoms with Crippen LogP contribution in [0.25, 0.3) is 0 Å². The lowest BCUT2D eigenvalue weighted by Crippen LogP contribution is -2.08. The number of hydrogen-bond donors (Lipinski definition) is 3. The van der Waals surface area contributed by atoms with Gasteiger partial charge in [-0.1, -0.05) is 11.6 Å². The van der Waals surface area contributed by atoms with E-state index in [1.807, 2.05) is 0 Å². The van der Waals surface area contributed by atoms with E-state index >= 15 is 0 Å². The summed E-state index contributed by atoms with van der Waals surface area (Å²) in [6.45, 7) is 2.08. The van der Waals surface area contributed by atoms with E-state index in [-0.39, 0.29) is 5.95 Å². The van der Waals surface area contributed by atoms with Gasteiger partial charge in [0.25, 0.3) is 0 Å². The lowest BCUT2D eigenvalue weighted by atomic mass is 10.3. The van der Waals surface area contributed by atoms with Gasteiger partial charge in [-0.25, -0.2) is 0 Å². The van der Waals surface area contributed by atoms with Crippen LogP contribution >= 0.6 is 0 Å². The Morgan fingerprint density at radius 3 is 2.62 bits per heavy atom. The van der Waals surface area contributed by atoms with Gasteiger partial charge in [0.2, 0.25) is 17.8 Å². The van der Waals surface area contributed by atoms with Crippen molar-refractivity contribution in [1.82, 2.24) is 15.0 Å². The standard InChI is InChI=1S/C10H14N6/c1-6-3-4-7(5-6)13-10-15-8(11)14-9(12-2)16-10/h4-5H,3H2,1-2H3,(H4,11,12,13,14,15,16). The molecule has 0 bridgehead atoms. The van der Waals surface area contributed by atoms with Crippen LogP contribution in [0.4, 0.5) is 17.8 Å². The highest BCUT2D eigenvalue weighted by molar-refractivity contribution is 5.48. The molecule has 0 atom stereocenters. The molecule has 6 nitrogen and oxygen atoms in total. The molecule has 1 aliphatic carbocycles. The summed E-state index contributed by atoms with van der Waals surface area (Å²) in [7, 11) is 1.73. The molecular weight excluding hydrogens is 204 g/mol.